The molecular weight excluding hydrogens is 488 g/mol. The van der Waals surface area contributed by atoms with Crippen LogP contribution in [0, 0.1) is 19.8 Å². The van der Waals surface area contributed by atoms with E-state index >= 15 is 0 Å². The van der Waals surface area contributed by atoms with E-state index in [0.717, 1.165) is 20.4 Å². The summed E-state index contributed by atoms with van der Waals surface area (Å²) in [6.45, 7) is 6.25. The van der Waals surface area contributed by atoms with Crippen LogP contribution in [0.4, 0.5) is 0 Å². The molecule has 0 bridgehead atoms. The van der Waals surface area contributed by atoms with Gasteiger partial charge in [-0.1, -0.05) is 18.2 Å². The summed E-state index contributed by atoms with van der Waals surface area (Å²) in [6, 6.07) is 12.4. The molecule has 0 spiro atoms. The Kier molecular flexibility index (Phi) is 8.09. The van der Waals surface area contributed by atoms with Crippen molar-refractivity contribution in [3.63, 3.8) is 0 Å². The fourth-order valence-corrected chi connectivity index (χ4v) is 4.53. The molecule has 38 heavy (non-hydrogen) atoms. The van der Waals surface area contributed by atoms with Gasteiger partial charge in [0.1, 0.15) is 5.75 Å². The van der Waals surface area contributed by atoms with Crippen molar-refractivity contribution >= 4 is 11.9 Å². The fraction of sp³-hybridized carbons (Fsp3) is 0.393. The Morgan fingerprint density at radius 3 is 2.58 bits per heavy atom. The van der Waals surface area contributed by atoms with Gasteiger partial charge in [-0.25, -0.2) is 4.79 Å². The maximum absolute atomic E-state index is 13.6. The van der Waals surface area contributed by atoms with Crippen LogP contribution < -0.4 is 16.0 Å². The summed E-state index contributed by atoms with van der Waals surface area (Å²) in [4.78, 5) is 54.5. The highest BCUT2D eigenvalue weighted by atomic mass is 16.5. The van der Waals surface area contributed by atoms with Crippen LogP contribution in [0.5, 0.6) is 5.75 Å². The van der Waals surface area contributed by atoms with Crippen LogP contribution in [-0.2, 0) is 16.1 Å². The molecule has 0 radical (unpaired) electrons. The topological polar surface area (TPSA) is 113 Å². The lowest BCUT2D eigenvalue weighted by atomic mass is 9.98. The summed E-state index contributed by atoms with van der Waals surface area (Å²) < 4.78 is 12.5. The molecule has 1 atom stereocenters. The number of likely N-dealkylation sites (tertiary alicyclic amines) is 1. The van der Waals surface area contributed by atoms with E-state index in [-0.39, 0.29) is 31.4 Å². The Bertz CT molecular complexity index is 1470. The molecule has 200 valence electrons. The minimum atomic E-state index is -0.791. The number of esters is 1. The number of nitrogens with zero attached hydrogens (tertiary/aromatic N) is 4. The number of benzene rings is 2. The Morgan fingerprint density at radius 1 is 1.08 bits per heavy atom. The third-order valence-corrected chi connectivity index (χ3v) is 6.80. The number of aromatic nitrogens is 3. The van der Waals surface area contributed by atoms with Gasteiger partial charge >= 0.3 is 11.7 Å². The number of piperidine rings is 1. The van der Waals surface area contributed by atoms with Gasteiger partial charge in [-0.3, -0.25) is 19.0 Å². The minimum Gasteiger partial charge on any atom is -0.497 e. The molecule has 1 amide bonds. The van der Waals surface area contributed by atoms with Gasteiger partial charge in [0.2, 0.25) is 5.69 Å². The van der Waals surface area contributed by atoms with Gasteiger partial charge in [-0.05, 0) is 74.6 Å². The van der Waals surface area contributed by atoms with Crippen molar-refractivity contribution in [2.24, 2.45) is 5.92 Å². The standard InChI is InChI=1S/C28H32N4O6/c1-5-38-27(35)21-9-7-13-30(17-21)25(33)24-26(34)31(16-20-8-6-10-23(15-20)37-4)28(36)32(29-24)22-12-11-18(2)19(3)14-22/h6,8,10-12,14-15,21H,5,7,9,13,16-17H2,1-4H3/t21-/m1/s1. The average Bonchev–Trinajstić information content (AvgIpc) is 2.92. The molecule has 1 fully saturated rings. The summed E-state index contributed by atoms with van der Waals surface area (Å²) in [6.07, 6.45) is 1.18. The fourth-order valence-electron chi connectivity index (χ4n) is 4.53. The van der Waals surface area contributed by atoms with Crippen molar-refractivity contribution in [2.75, 3.05) is 26.8 Å². The molecule has 1 saturated heterocycles. The summed E-state index contributed by atoms with van der Waals surface area (Å²) in [7, 11) is 1.53. The Labute approximate surface area is 220 Å². The van der Waals surface area contributed by atoms with E-state index in [4.69, 9.17) is 9.47 Å². The minimum absolute atomic E-state index is 0.0754. The van der Waals surface area contributed by atoms with Crippen LogP contribution in [0.15, 0.2) is 52.1 Å². The van der Waals surface area contributed by atoms with Crippen molar-refractivity contribution in [1.82, 2.24) is 19.2 Å². The van der Waals surface area contributed by atoms with E-state index in [1.807, 2.05) is 19.9 Å². The van der Waals surface area contributed by atoms with Crippen LogP contribution in [0.25, 0.3) is 5.69 Å². The van der Waals surface area contributed by atoms with Crippen LogP contribution in [0.2, 0.25) is 0 Å². The van der Waals surface area contributed by atoms with Gasteiger partial charge in [-0.2, -0.15) is 9.78 Å². The molecular formula is C28H32N4O6. The van der Waals surface area contributed by atoms with Crippen LogP contribution in [-0.4, -0.2) is 57.9 Å². The Morgan fingerprint density at radius 2 is 1.87 bits per heavy atom. The number of carbonyl (C=O) groups excluding carboxylic acids is 2. The zero-order chi connectivity index (χ0) is 27.4. The van der Waals surface area contributed by atoms with Crippen LogP contribution in [0.3, 0.4) is 0 Å². The quantitative estimate of drug-likeness (QED) is 0.440. The van der Waals surface area contributed by atoms with Crippen molar-refractivity contribution in [3.05, 3.63) is 85.7 Å². The zero-order valence-corrected chi connectivity index (χ0v) is 22.1. The molecule has 1 aliphatic rings. The highest BCUT2D eigenvalue weighted by molar-refractivity contribution is 5.92. The first kappa shape index (κ1) is 26.8. The first-order valence-electron chi connectivity index (χ1n) is 12.6. The number of methoxy groups -OCH3 is 1. The molecule has 4 rings (SSSR count). The molecule has 3 aromatic rings. The Hall–Kier alpha value is -4.21. The number of carbonyl (C=O) groups is 2. The summed E-state index contributed by atoms with van der Waals surface area (Å²) >= 11 is 0. The first-order valence-corrected chi connectivity index (χ1v) is 12.6. The molecule has 10 heteroatoms. The zero-order valence-electron chi connectivity index (χ0n) is 22.1. The van der Waals surface area contributed by atoms with Crippen molar-refractivity contribution in [1.29, 1.82) is 0 Å². The second kappa shape index (κ2) is 11.5. The number of aryl methyl sites for hydroxylation is 2. The van der Waals surface area contributed by atoms with Crippen LogP contribution in [0.1, 0.15) is 46.9 Å². The molecule has 1 aromatic heterocycles. The largest absolute Gasteiger partial charge is 0.497 e. The molecule has 0 saturated carbocycles. The van der Waals surface area contributed by atoms with Gasteiger partial charge in [0.05, 0.1) is 31.9 Å². The van der Waals surface area contributed by atoms with E-state index in [9.17, 15) is 19.2 Å². The highest BCUT2D eigenvalue weighted by Gasteiger charge is 2.32. The molecule has 10 nitrogen and oxygen atoms in total. The molecule has 0 aliphatic carbocycles. The van der Waals surface area contributed by atoms with E-state index in [1.165, 1.54) is 12.0 Å². The van der Waals surface area contributed by atoms with Crippen molar-refractivity contribution in [3.8, 4) is 11.4 Å². The number of ether oxygens (including phenoxy) is 2. The highest BCUT2D eigenvalue weighted by Crippen LogP contribution is 2.19. The smallest absolute Gasteiger partial charge is 0.352 e. The van der Waals surface area contributed by atoms with Crippen molar-refractivity contribution in [2.45, 2.75) is 40.2 Å². The second-order valence-corrected chi connectivity index (χ2v) is 9.40. The van der Waals surface area contributed by atoms with Gasteiger partial charge in [0, 0.05) is 13.1 Å². The number of hydrogen-bond acceptors (Lipinski definition) is 7. The maximum Gasteiger partial charge on any atom is 0.352 e. The molecule has 0 unspecified atom stereocenters. The van der Waals surface area contributed by atoms with Crippen molar-refractivity contribution < 1.29 is 19.1 Å². The molecule has 0 N–H and O–H groups in total. The normalized spacial score (nSPS) is 15.3. The SMILES string of the molecule is CCOC(=O)[C@@H]1CCCN(C(=O)c2nn(-c3ccc(C)c(C)c3)c(=O)n(Cc3cccc(OC)c3)c2=O)C1. The third-order valence-electron chi connectivity index (χ3n) is 6.80. The predicted octanol–water partition coefficient (Wildman–Crippen LogP) is 2.48. The first-order chi connectivity index (χ1) is 18.2. The summed E-state index contributed by atoms with van der Waals surface area (Å²) in [5.41, 5.74) is 1.22. The van der Waals surface area contributed by atoms with Gasteiger partial charge in [0.15, 0.2) is 0 Å². The second-order valence-electron chi connectivity index (χ2n) is 9.40. The van der Waals surface area contributed by atoms with Gasteiger partial charge in [-0.15, -0.1) is 0 Å². The summed E-state index contributed by atoms with van der Waals surface area (Å²) in [5.74, 6) is -0.888. The lowest BCUT2D eigenvalue weighted by Crippen LogP contribution is -2.49. The van der Waals surface area contributed by atoms with Gasteiger partial charge < -0.3 is 14.4 Å². The predicted molar refractivity (Wildman–Crippen MR) is 141 cm³/mol. The summed E-state index contributed by atoms with van der Waals surface area (Å²) in [5, 5.41) is 4.27. The molecule has 1 aliphatic heterocycles. The maximum atomic E-state index is 13.6. The number of amides is 1. The lowest BCUT2D eigenvalue weighted by molar-refractivity contribution is -0.149. The van der Waals surface area contributed by atoms with E-state index in [2.05, 4.69) is 5.10 Å². The van der Waals surface area contributed by atoms with E-state index in [0.29, 0.717) is 36.4 Å². The van der Waals surface area contributed by atoms with E-state index < -0.39 is 23.1 Å². The Balaban J connectivity index is 1.81. The number of hydrogen-bond donors (Lipinski definition) is 0. The monoisotopic (exact) mass is 520 g/mol. The molecule has 2 heterocycles. The van der Waals surface area contributed by atoms with Gasteiger partial charge in [0.25, 0.3) is 11.5 Å². The van der Waals surface area contributed by atoms with Crippen LogP contribution >= 0.6 is 0 Å². The molecule has 2 aromatic carbocycles. The average molecular weight is 521 g/mol. The number of rotatable bonds is 7. The lowest BCUT2D eigenvalue weighted by Gasteiger charge is -2.31. The van der Waals surface area contributed by atoms with E-state index in [1.54, 1.807) is 43.3 Å². The third kappa shape index (κ3) is 5.53.